The molecule has 1 fully saturated rings. The van der Waals surface area contributed by atoms with Crippen LogP contribution >= 0.6 is 11.3 Å². The summed E-state index contributed by atoms with van der Waals surface area (Å²) < 4.78 is 28.6. The maximum Gasteiger partial charge on any atom is 0.283 e. The fourth-order valence-electron chi connectivity index (χ4n) is 5.00. The van der Waals surface area contributed by atoms with Crippen molar-refractivity contribution in [3.8, 4) is 12.3 Å². The van der Waals surface area contributed by atoms with Gasteiger partial charge in [0.1, 0.15) is 11.1 Å². The molecule has 5 heterocycles. The number of aromatic nitrogens is 6. The molecule has 1 unspecified atom stereocenters. The van der Waals surface area contributed by atoms with Gasteiger partial charge < -0.3 is 20.1 Å². The molecule has 212 valence electrons. The van der Waals surface area contributed by atoms with Crippen molar-refractivity contribution in [3.05, 3.63) is 51.2 Å². The average molecular weight is 595 g/mol. The van der Waals surface area contributed by atoms with Crippen LogP contribution in [0.1, 0.15) is 31.8 Å². The summed E-state index contributed by atoms with van der Waals surface area (Å²) >= 11 is 1.32. The smallest absolute Gasteiger partial charge is 0.283 e. The molecule has 1 atom stereocenters. The van der Waals surface area contributed by atoms with Crippen molar-refractivity contribution in [2.75, 3.05) is 33.2 Å². The quantitative estimate of drug-likeness (QED) is 0.259. The van der Waals surface area contributed by atoms with Crippen LogP contribution in [0.25, 0.3) is 10.9 Å². The molecule has 16 heteroatoms. The van der Waals surface area contributed by atoms with E-state index >= 15 is 0 Å². The van der Waals surface area contributed by atoms with E-state index in [-0.39, 0.29) is 42.0 Å². The Bertz CT molecular complexity index is 1770. The summed E-state index contributed by atoms with van der Waals surface area (Å²) in [5.41, 5.74) is 2.13. The fourth-order valence-corrected chi connectivity index (χ4v) is 7.59. The van der Waals surface area contributed by atoms with Crippen LogP contribution in [0.5, 0.6) is 0 Å². The Morgan fingerprint density at radius 1 is 1.24 bits per heavy atom. The lowest BCUT2D eigenvalue weighted by atomic mass is 10.1. The number of nitrogens with one attached hydrogen (secondary N) is 3. The number of aromatic amines is 2. The number of H-pyrrole nitrogens is 2. The van der Waals surface area contributed by atoms with Gasteiger partial charge in [0, 0.05) is 60.5 Å². The molecular formula is C25H26N10O4S2. The van der Waals surface area contributed by atoms with E-state index in [1.54, 1.807) is 18.2 Å². The number of rotatable bonds is 6. The molecule has 0 aliphatic carbocycles. The number of piperazine rings is 1. The third-order valence-corrected chi connectivity index (χ3v) is 10.1. The normalized spacial score (nSPS) is 18.2. The van der Waals surface area contributed by atoms with E-state index in [0.29, 0.717) is 23.0 Å². The Labute approximate surface area is 239 Å². The molecule has 2 amide bonds. The minimum Gasteiger partial charge on any atom is -0.347 e. The number of hydrogen-bond acceptors (Lipinski definition) is 10. The zero-order chi connectivity index (χ0) is 28.7. The lowest BCUT2D eigenvalue weighted by Crippen LogP contribution is -2.61. The second kappa shape index (κ2) is 10.7. The molecule has 0 bridgehead atoms. The predicted octanol–water partition coefficient (Wildman–Crippen LogP) is -0.0616. The van der Waals surface area contributed by atoms with Gasteiger partial charge in [-0.15, -0.1) is 28.0 Å². The summed E-state index contributed by atoms with van der Waals surface area (Å²) in [6, 6.07) is 5.57. The molecule has 3 aromatic heterocycles. The zero-order valence-electron chi connectivity index (χ0n) is 22.0. The number of hydrogen-bond donors (Lipinski definition) is 3. The molecule has 6 rings (SSSR count). The molecule has 0 radical (unpaired) electrons. The first kappa shape index (κ1) is 27.0. The topological polar surface area (TPSA) is 173 Å². The van der Waals surface area contributed by atoms with Gasteiger partial charge in [-0.2, -0.15) is 9.52 Å². The van der Waals surface area contributed by atoms with Crippen LogP contribution in [0.2, 0.25) is 0 Å². The molecule has 2 aliphatic rings. The Kier molecular flexibility index (Phi) is 7.03. The average Bonchev–Trinajstić information content (AvgIpc) is 3.74. The monoisotopic (exact) mass is 594 g/mol. The van der Waals surface area contributed by atoms with Gasteiger partial charge >= 0.3 is 0 Å². The van der Waals surface area contributed by atoms with Crippen molar-refractivity contribution in [1.82, 2.24) is 50.0 Å². The Morgan fingerprint density at radius 2 is 2.10 bits per heavy atom. The Morgan fingerprint density at radius 3 is 2.88 bits per heavy atom. The van der Waals surface area contributed by atoms with Crippen molar-refractivity contribution in [3.63, 3.8) is 0 Å². The van der Waals surface area contributed by atoms with E-state index in [0.717, 1.165) is 23.5 Å². The van der Waals surface area contributed by atoms with Gasteiger partial charge in [-0.25, -0.2) is 13.4 Å². The van der Waals surface area contributed by atoms with Crippen molar-refractivity contribution in [2.24, 2.45) is 0 Å². The van der Waals surface area contributed by atoms with Crippen molar-refractivity contribution in [1.29, 1.82) is 0 Å². The van der Waals surface area contributed by atoms with Crippen LogP contribution in [0.4, 0.5) is 0 Å². The van der Waals surface area contributed by atoms with Gasteiger partial charge in [-0.05, 0) is 31.3 Å². The lowest BCUT2D eigenvalue weighted by molar-refractivity contribution is -0.127. The maximum absolute atomic E-state index is 13.7. The van der Waals surface area contributed by atoms with E-state index in [9.17, 15) is 18.0 Å². The molecule has 2 aliphatic heterocycles. The number of fused-ring (bicyclic) bond motifs is 2. The van der Waals surface area contributed by atoms with E-state index < -0.39 is 27.9 Å². The van der Waals surface area contributed by atoms with Crippen LogP contribution in [-0.4, -0.2) is 104 Å². The summed E-state index contributed by atoms with van der Waals surface area (Å²) in [6.45, 7) is 1.27. The second-order valence-electron chi connectivity index (χ2n) is 9.88. The van der Waals surface area contributed by atoms with Crippen molar-refractivity contribution < 1.29 is 18.0 Å². The zero-order valence-corrected chi connectivity index (χ0v) is 23.6. The largest absolute Gasteiger partial charge is 0.347 e. The van der Waals surface area contributed by atoms with Gasteiger partial charge in [-0.3, -0.25) is 9.59 Å². The highest BCUT2D eigenvalue weighted by Gasteiger charge is 2.41. The number of benzene rings is 1. The first-order valence-corrected chi connectivity index (χ1v) is 15.1. The number of amides is 2. The lowest BCUT2D eigenvalue weighted by Gasteiger charge is -2.39. The first-order valence-electron chi connectivity index (χ1n) is 12.8. The highest BCUT2D eigenvalue weighted by Crippen LogP contribution is 2.28. The van der Waals surface area contributed by atoms with Crippen molar-refractivity contribution in [2.45, 2.75) is 30.6 Å². The molecule has 14 nitrogen and oxygen atoms in total. The first-order chi connectivity index (χ1) is 19.7. The highest BCUT2D eigenvalue weighted by molar-refractivity contribution is 7.89. The van der Waals surface area contributed by atoms with Crippen LogP contribution in [0, 0.1) is 12.3 Å². The van der Waals surface area contributed by atoms with E-state index in [1.165, 1.54) is 26.6 Å². The SMILES string of the molecule is C#Cc1ccc2[nH]c(S(=O)(=O)N3CCN(C(=O)c4nc5c(s4)CN(C)CC5)C(C(=O)NCc4nn[nH]n4)C3)cc2c1. The number of nitrogens with zero attached hydrogens (tertiary/aromatic N) is 7. The number of carbonyl (C=O) groups is 2. The third kappa shape index (κ3) is 5.20. The summed E-state index contributed by atoms with van der Waals surface area (Å²) in [5.74, 6) is 1.84. The van der Waals surface area contributed by atoms with Gasteiger partial charge in [0.2, 0.25) is 5.91 Å². The van der Waals surface area contributed by atoms with E-state index in [2.05, 4.69) is 46.7 Å². The number of likely N-dealkylation sites (N-methyl/N-ethyl adjacent to an activating group) is 1. The molecule has 41 heavy (non-hydrogen) atoms. The van der Waals surface area contributed by atoms with E-state index in [4.69, 9.17) is 6.42 Å². The number of thiazole rings is 1. The van der Waals surface area contributed by atoms with Gasteiger partial charge in [-0.1, -0.05) is 11.1 Å². The molecule has 1 saturated heterocycles. The number of tetrazole rings is 1. The number of carbonyl (C=O) groups excluding carboxylic acids is 2. The summed E-state index contributed by atoms with van der Waals surface area (Å²) in [6.07, 6.45) is 6.23. The number of sulfonamides is 1. The summed E-state index contributed by atoms with van der Waals surface area (Å²) in [5, 5.41) is 17.1. The Hall–Kier alpha value is -4.17. The van der Waals surface area contributed by atoms with Gasteiger partial charge in [0.05, 0.1) is 12.2 Å². The highest BCUT2D eigenvalue weighted by atomic mass is 32.2. The minimum absolute atomic E-state index is 0.00148. The predicted molar refractivity (Wildman–Crippen MR) is 148 cm³/mol. The minimum atomic E-state index is -4.04. The molecule has 3 N–H and O–H groups in total. The van der Waals surface area contributed by atoms with Crippen LogP contribution in [0.15, 0.2) is 29.3 Å². The van der Waals surface area contributed by atoms with Crippen LogP contribution < -0.4 is 5.32 Å². The molecule has 1 aromatic carbocycles. The standard InChI is InChI=1S/C25H26N10O4S2/c1-3-15-4-5-17-16(10-15)11-22(27-17)41(38,39)34-8-9-35(19(13-34)23(36)26-12-21-29-31-32-30-21)25(37)24-28-18-6-7-33(2)14-20(18)40-24/h1,4-5,10-11,19,27H,6-9,12-14H2,2H3,(H,26,36)(H,29,30,31,32). The molecule has 0 spiro atoms. The van der Waals surface area contributed by atoms with E-state index in [1.807, 2.05) is 7.05 Å². The second-order valence-corrected chi connectivity index (χ2v) is 12.9. The summed E-state index contributed by atoms with van der Waals surface area (Å²) in [4.78, 5) is 39.2. The molecule has 0 saturated carbocycles. The van der Waals surface area contributed by atoms with Crippen LogP contribution in [0.3, 0.4) is 0 Å². The van der Waals surface area contributed by atoms with Crippen LogP contribution in [-0.2, 0) is 34.3 Å². The Balaban J connectivity index is 1.27. The van der Waals surface area contributed by atoms with Crippen molar-refractivity contribution >= 4 is 44.1 Å². The number of terminal acetylenes is 1. The maximum atomic E-state index is 13.7. The fraction of sp³-hybridized carbons (Fsp3) is 0.360. The third-order valence-electron chi connectivity index (χ3n) is 7.20. The molecule has 4 aromatic rings. The molecular weight excluding hydrogens is 568 g/mol. The summed E-state index contributed by atoms with van der Waals surface area (Å²) in [7, 11) is -2.03. The van der Waals surface area contributed by atoms with Gasteiger partial charge in [0.15, 0.2) is 10.8 Å². The van der Waals surface area contributed by atoms with Gasteiger partial charge in [0.25, 0.3) is 15.9 Å².